The zero-order chi connectivity index (χ0) is 26.0. The number of carbonyl (C=O) groups excluding carboxylic acids is 2. The Kier molecular flexibility index (Phi) is 10.2. The summed E-state index contributed by atoms with van der Waals surface area (Å²) in [7, 11) is 0. The minimum atomic E-state index is -1.40. The van der Waals surface area contributed by atoms with Crippen molar-refractivity contribution in [2.75, 3.05) is 0 Å². The summed E-state index contributed by atoms with van der Waals surface area (Å²) in [5, 5.41) is 32.4. The zero-order valence-electron chi connectivity index (χ0n) is 19.3. The predicted octanol–water partition coefficient (Wildman–Crippen LogP) is 2.88. The number of urea groups is 1. The number of aliphatic carboxylic acids is 1. The van der Waals surface area contributed by atoms with Gasteiger partial charge in [-0.2, -0.15) is 0 Å². The van der Waals surface area contributed by atoms with Crippen LogP contribution in [0.25, 0.3) is 0 Å². The molecule has 7 N–H and O–H groups in total. The highest BCUT2D eigenvalue weighted by molar-refractivity contribution is 6.31. The van der Waals surface area contributed by atoms with Crippen molar-refractivity contribution in [2.45, 2.75) is 44.8 Å². The molecule has 0 aromatic heterocycles. The van der Waals surface area contributed by atoms with Gasteiger partial charge in [0.05, 0.1) is 11.7 Å². The number of hydrogen-bond donors (Lipinski definition) is 6. The molecule has 186 valence electrons. The van der Waals surface area contributed by atoms with Crippen molar-refractivity contribution in [3.8, 4) is 0 Å². The third-order valence-corrected chi connectivity index (χ3v) is 5.46. The largest absolute Gasteiger partial charge is 0.480 e. The minimum absolute atomic E-state index is 0.0769. The summed E-state index contributed by atoms with van der Waals surface area (Å²) in [5.74, 6) is -2.49. The number of rotatable bonds is 10. The number of carboxylic acid groups (broad SMARTS) is 1. The maximum atomic E-state index is 13.1. The van der Waals surface area contributed by atoms with E-state index >= 15 is 0 Å². The molecule has 0 saturated carbocycles. The topological polar surface area (TPSA) is 182 Å². The lowest BCUT2D eigenvalue weighted by molar-refractivity contribution is -0.142. The molecular formula is C23H28ClN7O4. The van der Waals surface area contributed by atoms with Gasteiger partial charge in [0, 0.05) is 11.4 Å². The average molecular weight is 502 g/mol. The Hall–Kier alpha value is -3.99. The molecule has 3 unspecified atom stereocenters. The smallest absolute Gasteiger partial charge is 0.360 e. The number of amides is 3. The van der Waals surface area contributed by atoms with Gasteiger partial charge < -0.3 is 26.8 Å². The van der Waals surface area contributed by atoms with E-state index in [1.807, 2.05) is 6.92 Å². The van der Waals surface area contributed by atoms with Crippen LogP contribution in [0.15, 0.2) is 58.8 Å². The van der Waals surface area contributed by atoms with E-state index in [0.29, 0.717) is 10.7 Å². The number of aryl methyl sites for hydroxylation is 1. The second-order valence-electron chi connectivity index (χ2n) is 7.72. The molecule has 0 aliphatic carbocycles. The number of nitrogens with one attached hydrogen (secondary N) is 4. The first-order valence-corrected chi connectivity index (χ1v) is 11.1. The molecule has 0 aliphatic heterocycles. The number of nitrogens with two attached hydrogens (primary N) is 1. The van der Waals surface area contributed by atoms with Crippen LogP contribution in [-0.4, -0.2) is 47.1 Å². The highest BCUT2D eigenvalue weighted by Crippen LogP contribution is 2.22. The first-order valence-electron chi connectivity index (χ1n) is 10.8. The molecule has 0 saturated heterocycles. The van der Waals surface area contributed by atoms with Crippen molar-refractivity contribution in [1.29, 1.82) is 5.41 Å². The van der Waals surface area contributed by atoms with Gasteiger partial charge in [-0.25, -0.2) is 9.59 Å². The highest BCUT2D eigenvalue weighted by Gasteiger charge is 2.32. The molecule has 0 radical (unpaired) electrons. The van der Waals surface area contributed by atoms with Crippen LogP contribution in [0.2, 0.25) is 5.02 Å². The summed E-state index contributed by atoms with van der Waals surface area (Å²) in [6.45, 7) is 3.51. The molecular weight excluding hydrogens is 474 g/mol. The van der Waals surface area contributed by atoms with E-state index in [4.69, 9.17) is 22.7 Å². The van der Waals surface area contributed by atoms with Crippen LogP contribution in [0, 0.1) is 12.3 Å². The maximum absolute atomic E-state index is 13.1. The molecule has 2 rings (SSSR count). The van der Waals surface area contributed by atoms with E-state index in [2.05, 4.69) is 26.2 Å². The Morgan fingerprint density at radius 2 is 1.80 bits per heavy atom. The first-order chi connectivity index (χ1) is 16.6. The van der Waals surface area contributed by atoms with Crippen molar-refractivity contribution in [2.24, 2.45) is 16.0 Å². The quantitative estimate of drug-likeness (QED) is 0.165. The summed E-state index contributed by atoms with van der Waals surface area (Å²) in [6.07, 6.45) is 0.341. The van der Waals surface area contributed by atoms with Crippen molar-refractivity contribution in [3.05, 3.63) is 64.7 Å². The normalized spacial score (nSPS) is 13.5. The zero-order valence-corrected chi connectivity index (χ0v) is 20.0. The van der Waals surface area contributed by atoms with Crippen molar-refractivity contribution in [3.63, 3.8) is 0 Å². The van der Waals surface area contributed by atoms with Gasteiger partial charge in [-0.05, 0) is 36.6 Å². The third kappa shape index (κ3) is 8.70. The fraction of sp³-hybridized carbons (Fsp3) is 0.304. The lowest BCUT2D eigenvalue weighted by atomic mass is 10.0. The van der Waals surface area contributed by atoms with Crippen LogP contribution < -0.4 is 21.7 Å². The summed E-state index contributed by atoms with van der Waals surface area (Å²) >= 11 is 6.06. The van der Waals surface area contributed by atoms with E-state index < -0.39 is 42.0 Å². The third-order valence-electron chi connectivity index (χ3n) is 5.06. The van der Waals surface area contributed by atoms with E-state index in [0.717, 1.165) is 11.1 Å². The Morgan fingerprint density at radius 1 is 1.11 bits per heavy atom. The second kappa shape index (κ2) is 13.0. The van der Waals surface area contributed by atoms with Gasteiger partial charge in [0.2, 0.25) is 5.91 Å². The fourth-order valence-electron chi connectivity index (χ4n) is 3.19. The summed E-state index contributed by atoms with van der Waals surface area (Å²) in [5.41, 5.74) is 7.27. The number of halogens is 1. The molecule has 11 nitrogen and oxygen atoms in total. The standard InChI is InChI=1S/C23H28ClN7O4/c1-3-17(27-22(25)26)19(21(33)34)29-20(32)18(11-14-7-5-4-6-8-14)28-23(35)31-30-15-10-9-13(2)16(24)12-15/h4-10,12,17-19H,3,11H2,1-2H3,(H,28,35)(H,29,32)(H,33,34)(H4,25,26,27)/b31-30+. The van der Waals surface area contributed by atoms with E-state index in [1.54, 1.807) is 55.5 Å². The van der Waals surface area contributed by atoms with Gasteiger partial charge in [-0.3, -0.25) is 10.2 Å². The fourth-order valence-corrected chi connectivity index (χ4v) is 3.37. The maximum Gasteiger partial charge on any atom is 0.360 e. The summed E-state index contributed by atoms with van der Waals surface area (Å²) in [6, 6.07) is 9.52. The van der Waals surface area contributed by atoms with Gasteiger partial charge in [-0.15, -0.1) is 5.11 Å². The van der Waals surface area contributed by atoms with Gasteiger partial charge >= 0.3 is 12.0 Å². The highest BCUT2D eigenvalue weighted by atomic mass is 35.5. The molecule has 0 bridgehead atoms. The minimum Gasteiger partial charge on any atom is -0.480 e. The van der Waals surface area contributed by atoms with Crippen molar-refractivity contribution in [1.82, 2.24) is 16.0 Å². The Bertz CT molecular complexity index is 1090. The number of guanidine groups is 1. The van der Waals surface area contributed by atoms with Gasteiger partial charge in [0.15, 0.2) is 5.96 Å². The van der Waals surface area contributed by atoms with Crippen LogP contribution in [0.3, 0.4) is 0 Å². The van der Waals surface area contributed by atoms with Gasteiger partial charge in [0.1, 0.15) is 12.1 Å². The lowest BCUT2D eigenvalue weighted by Crippen LogP contribution is -2.59. The summed E-state index contributed by atoms with van der Waals surface area (Å²) < 4.78 is 0. The molecule has 3 atom stereocenters. The lowest BCUT2D eigenvalue weighted by Gasteiger charge is -2.27. The van der Waals surface area contributed by atoms with Gasteiger partial charge in [-0.1, -0.05) is 60.0 Å². The molecule has 2 aromatic rings. The first kappa shape index (κ1) is 27.3. The monoisotopic (exact) mass is 501 g/mol. The summed E-state index contributed by atoms with van der Waals surface area (Å²) in [4.78, 5) is 37.4. The van der Waals surface area contributed by atoms with Crippen LogP contribution >= 0.6 is 11.6 Å². The number of benzene rings is 2. The van der Waals surface area contributed by atoms with Crippen LogP contribution in [-0.2, 0) is 16.0 Å². The number of carbonyl (C=O) groups is 3. The van der Waals surface area contributed by atoms with E-state index in [1.165, 1.54) is 0 Å². The Morgan fingerprint density at radius 3 is 2.37 bits per heavy atom. The van der Waals surface area contributed by atoms with Crippen LogP contribution in [0.1, 0.15) is 24.5 Å². The molecule has 0 heterocycles. The number of nitrogens with zero attached hydrogens (tertiary/aromatic N) is 2. The molecule has 0 aliphatic rings. The number of azo groups is 1. The number of hydrogen-bond acceptors (Lipinski definition) is 5. The van der Waals surface area contributed by atoms with Crippen LogP contribution in [0.4, 0.5) is 10.5 Å². The van der Waals surface area contributed by atoms with Crippen molar-refractivity contribution >= 4 is 41.2 Å². The molecule has 0 spiro atoms. The molecule has 12 heteroatoms. The van der Waals surface area contributed by atoms with Crippen molar-refractivity contribution < 1.29 is 19.5 Å². The molecule has 2 aromatic carbocycles. The predicted molar refractivity (Wildman–Crippen MR) is 132 cm³/mol. The molecule has 0 fully saturated rings. The number of carboxylic acids is 1. The second-order valence-corrected chi connectivity index (χ2v) is 8.13. The molecule has 35 heavy (non-hydrogen) atoms. The van der Waals surface area contributed by atoms with E-state index in [9.17, 15) is 19.5 Å². The Labute approximate surface area is 207 Å². The molecule has 3 amide bonds. The average Bonchev–Trinajstić information content (AvgIpc) is 2.81. The van der Waals surface area contributed by atoms with Crippen LogP contribution in [0.5, 0.6) is 0 Å². The van der Waals surface area contributed by atoms with Gasteiger partial charge in [0.25, 0.3) is 0 Å². The Balaban J connectivity index is 2.21. The van der Waals surface area contributed by atoms with E-state index in [-0.39, 0.29) is 12.8 Å². The SMILES string of the molecule is CCC(NC(=N)N)C(NC(=O)C(Cc1ccccc1)NC(=O)/N=N/c1ccc(C)c(Cl)c1)C(=O)O.